The number of rotatable bonds is 6. The van der Waals surface area contributed by atoms with E-state index in [4.69, 9.17) is 4.74 Å². The molecule has 0 fully saturated rings. The number of hydrogen-bond acceptors (Lipinski definition) is 4. The molecule has 0 saturated heterocycles. The summed E-state index contributed by atoms with van der Waals surface area (Å²) >= 11 is 0. The van der Waals surface area contributed by atoms with E-state index in [-0.39, 0.29) is 18.4 Å². The van der Waals surface area contributed by atoms with Gasteiger partial charge in [0.15, 0.2) is 0 Å². The highest BCUT2D eigenvalue weighted by Crippen LogP contribution is 2.22. The lowest BCUT2D eigenvalue weighted by Gasteiger charge is -2.14. The Kier molecular flexibility index (Phi) is 5.16. The Balaban J connectivity index is 2.05. The molecule has 0 bridgehead atoms. The van der Waals surface area contributed by atoms with Crippen molar-refractivity contribution in [1.82, 2.24) is 15.5 Å². The van der Waals surface area contributed by atoms with E-state index in [1.807, 2.05) is 38.1 Å². The fourth-order valence-electron chi connectivity index (χ4n) is 1.90. The van der Waals surface area contributed by atoms with Crippen LogP contribution in [-0.2, 0) is 0 Å². The second-order valence-electron chi connectivity index (χ2n) is 5.42. The van der Waals surface area contributed by atoms with E-state index in [2.05, 4.69) is 15.5 Å². The Hall–Kier alpha value is -2.34. The molecule has 0 radical (unpaired) electrons. The molecule has 1 heterocycles. The summed E-state index contributed by atoms with van der Waals surface area (Å²) in [7, 11) is 1.60. The Morgan fingerprint density at radius 3 is 2.86 bits per heavy atom. The number of amides is 1. The van der Waals surface area contributed by atoms with Gasteiger partial charge in [-0.25, -0.2) is 0 Å². The number of carbonyl (C=O) groups is 1. The zero-order valence-corrected chi connectivity index (χ0v) is 13.0. The maximum absolute atomic E-state index is 12.0. The van der Waals surface area contributed by atoms with Crippen LogP contribution >= 0.6 is 0 Å². The van der Waals surface area contributed by atoms with Crippen molar-refractivity contribution in [3.05, 3.63) is 36.0 Å². The van der Waals surface area contributed by atoms with Gasteiger partial charge in [0.2, 0.25) is 0 Å². The lowest BCUT2D eigenvalue weighted by Crippen LogP contribution is -2.34. The summed E-state index contributed by atoms with van der Waals surface area (Å²) in [6.45, 7) is 4.01. The van der Waals surface area contributed by atoms with Gasteiger partial charge in [-0.1, -0.05) is 26.0 Å². The van der Waals surface area contributed by atoms with Crippen molar-refractivity contribution in [1.29, 1.82) is 0 Å². The van der Waals surface area contributed by atoms with E-state index in [0.717, 1.165) is 11.3 Å². The van der Waals surface area contributed by atoms with Crippen molar-refractivity contribution in [2.45, 2.75) is 20.0 Å². The highest BCUT2D eigenvalue weighted by atomic mass is 16.5. The third kappa shape index (κ3) is 3.85. The summed E-state index contributed by atoms with van der Waals surface area (Å²) in [6, 6.07) is 9.12. The molecule has 118 valence electrons. The van der Waals surface area contributed by atoms with Crippen LogP contribution in [0.4, 0.5) is 0 Å². The second-order valence-corrected chi connectivity index (χ2v) is 5.42. The molecular formula is C16H21N3O3. The third-order valence-corrected chi connectivity index (χ3v) is 3.43. The number of aliphatic hydroxyl groups is 1. The largest absolute Gasteiger partial charge is 0.497 e. The molecule has 1 aromatic carbocycles. The molecule has 0 aliphatic rings. The van der Waals surface area contributed by atoms with Gasteiger partial charge >= 0.3 is 0 Å². The van der Waals surface area contributed by atoms with Gasteiger partial charge in [0, 0.05) is 12.1 Å². The minimum atomic E-state index is -0.565. The summed E-state index contributed by atoms with van der Waals surface area (Å²) in [5.74, 6) is 0.530. The zero-order chi connectivity index (χ0) is 16.1. The first kappa shape index (κ1) is 16.0. The Morgan fingerprint density at radius 2 is 2.18 bits per heavy atom. The molecule has 1 unspecified atom stereocenters. The van der Waals surface area contributed by atoms with Gasteiger partial charge in [-0.15, -0.1) is 0 Å². The number of aliphatic hydroxyl groups excluding tert-OH is 1. The molecule has 0 spiro atoms. The molecule has 2 aromatic rings. The Bertz CT molecular complexity index is 637. The number of H-pyrrole nitrogens is 1. The Morgan fingerprint density at radius 1 is 1.41 bits per heavy atom. The van der Waals surface area contributed by atoms with Gasteiger partial charge in [0.05, 0.1) is 18.9 Å². The van der Waals surface area contributed by atoms with Crippen molar-refractivity contribution < 1.29 is 14.6 Å². The van der Waals surface area contributed by atoms with Crippen LogP contribution in [0.25, 0.3) is 11.3 Å². The lowest BCUT2D eigenvalue weighted by molar-refractivity contribution is 0.0867. The third-order valence-electron chi connectivity index (χ3n) is 3.43. The number of nitrogens with zero attached hydrogens (tertiary/aromatic N) is 1. The summed E-state index contributed by atoms with van der Waals surface area (Å²) in [5, 5.41) is 19.2. The molecule has 6 heteroatoms. The van der Waals surface area contributed by atoms with E-state index in [1.165, 1.54) is 0 Å². The molecule has 2 rings (SSSR count). The Labute approximate surface area is 129 Å². The summed E-state index contributed by atoms with van der Waals surface area (Å²) in [4.78, 5) is 12.0. The van der Waals surface area contributed by atoms with Crippen LogP contribution in [0.2, 0.25) is 0 Å². The first-order chi connectivity index (χ1) is 10.5. The van der Waals surface area contributed by atoms with E-state index >= 15 is 0 Å². The topological polar surface area (TPSA) is 87.2 Å². The van der Waals surface area contributed by atoms with Crippen molar-refractivity contribution >= 4 is 5.91 Å². The van der Waals surface area contributed by atoms with Gasteiger partial charge in [-0.05, 0) is 24.1 Å². The summed E-state index contributed by atoms with van der Waals surface area (Å²) in [5.41, 5.74) is 1.87. The number of hydrogen-bond donors (Lipinski definition) is 3. The molecule has 6 nitrogen and oxygen atoms in total. The average molecular weight is 303 g/mol. The van der Waals surface area contributed by atoms with Crippen LogP contribution in [0.5, 0.6) is 5.75 Å². The highest BCUT2D eigenvalue weighted by Gasteiger charge is 2.14. The van der Waals surface area contributed by atoms with E-state index in [9.17, 15) is 9.90 Å². The summed E-state index contributed by atoms with van der Waals surface area (Å²) < 4.78 is 5.17. The quantitative estimate of drug-likeness (QED) is 0.760. The van der Waals surface area contributed by atoms with Gasteiger partial charge in [-0.2, -0.15) is 5.10 Å². The molecule has 0 aliphatic carbocycles. The van der Waals surface area contributed by atoms with Crippen molar-refractivity contribution in [3.63, 3.8) is 0 Å². The van der Waals surface area contributed by atoms with Gasteiger partial charge < -0.3 is 15.2 Å². The minimum absolute atomic E-state index is 0.0920. The number of benzene rings is 1. The van der Waals surface area contributed by atoms with Crippen LogP contribution in [0.3, 0.4) is 0 Å². The molecule has 22 heavy (non-hydrogen) atoms. The van der Waals surface area contributed by atoms with Crippen LogP contribution in [0.1, 0.15) is 24.3 Å². The molecule has 1 atom stereocenters. The average Bonchev–Trinajstić information content (AvgIpc) is 3.02. The number of methoxy groups -OCH3 is 1. The zero-order valence-electron chi connectivity index (χ0n) is 13.0. The van der Waals surface area contributed by atoms with Crippen LogP contribution < -0.4 is 10.1 Å². The lowest BCUT2D eigenvalue weighted by atomic mass is 10.1. The molecule has 1 amide bonds. The fraction of sp³-hybridized carbons (Fsp3) is 0.375. The van der Waals surface area contributed by atoms with E-state index in [1.54, 1.807) is 13.2 Å². The minimum Gasteiger partial charge on any atom is -0.497 e. The van der Waals surface area contributed by atoms with Gasteiger partial charge in [0.25, 0.3) is 5.91 Å². The van der Waals surface area contributed by atoms with E-state index in [0.29, 0.717) is 11.4 Å². The smallest absolute Gasteiger partial charge is 0.269 e. The number of aromatic nitrogens is 2. The van der Waals surface area contributed by atoms with E-state index < -0.39 is 6.10 Å². The first-order valence-electron chi connectivity index (χ1n) is 7.17. The molecular weight excluding hydrogens is 282 g/mol. The number of nitrogens with one attached hydrogen (secondary N) is 2. The van der Waals surface area contributed by atoms with Crippen molar-refractivity contribution in [2.75, 3.05) is 13.7 Å². The van der Waals surface area contributed by atoms with Crippen molar-refractivity contribution in [2.24, 2.45) is 5.92 Å². The van der Waals surface area contributed by atoms with Crippen LogP contribution in [-0.4, -0.2) is 41.0 Å². The second kappa shape index (κ2) is 7.09. The number of aromatic amines is 1. The number of ether oxygens (including phenoxy) is 1. The molecule has 0 saturated carbocycles. The monoisotopic (exact) mass is 303 g/mol. The number of carbonyl (C=O) groups excluding carboxylic acids is 1. The van der Waals surface area contributed by atoms with Crippen LogP contribution in [0.15, 0.2) is 30.3 Å². The predicted molar refractivity (Wildman–Crippen MR) is 83.8 cm³/mol. The molecule has 1 aromatic heterocycles. The maximum Gasteiger partial charge on any atom is 0.269 e. The summed E-state index contributed by atoms with van der Waals surface area (Å²) in [6.07, 6.45) is -0.565. The van der Waals surface area contributed by atoms with Crippen molar-refractivity contribution in [3.8, 4) is 17.0 Å². The maximum atomic E-state index is 12.0. The first-order valence-corrected chi connectivity index (χ1v) is 7.17. The van der Waals surface area contributed by atoms with Crippen LogP contribution in [0, 0.1) is 5.92 Å². The predicted octanol–water partition coefficient (Wildman–Crippen LogP) is 1.83. The normalized spacial score (nSPS) is 12.2. The molecule has 0 aliphatic heterocycles. The standard InChI is InChI=1S/C16H21N3O3/c1-10(2)15(20)9-17-16(21)14-8-13(18-19-14)11-5-4-6-12(7-11)22-3/h4-8,10,15,20H,9H2,1-3H3,(H,17,21)(H,18,19). The molecule has 3 N–H and O–H groups in total. The highest BCUT2D eigenvalue weighted by molar-refractivity contribution is 5.93. The fourth-order valence-corrected chi connectivity index (χ4v) is 1.90. The SMILES string of the molecule is COc1cccc(-c2cc(C(=O)NCC(O)C(C)C)[nH]n2)c1. The van der Waals surface area contributed by atoms with Gasteiger partial charge in [0.1, 0.15) is 11.4 Å². The van der Waals surface area contributed by atoms with Gasteiger partial charge in [-0.3, -0.25) is 9.89 Å².